The Bertz CT molecular complexity index is 817. The van der Waals surface area contributed by atoms with Gasteiger partial charge in [0.15, 0.2) is 0 Å². The van der Waals surface area contributed by atoms with Crippen molar-refractivity contribution in [2.24, 2.45) is 0 Å². The third-order valence-electron chi connectivity index (χ3n) is 6.81. The third-order valence-corrected chi connectivity index (χ3v) is 6.81. The second-order valence-electron chi connectivity index (χ2n) is 10.8. The highest BCUT2D eigenvalue weighted by atomic mass is 16.7. The summed E-state index contributed by atoms with van der Waals surface area (Å²) in [5.74, 6) is 0.521. The number of unbranched alkanes of at least 4 members (excludes halogenated alkanes) is 10. The molecule has 0 radical (unpaired) electrons. The molecule has 2 aromatic carbocycles. The zero-order chi connectivity index (χ0) is 25.9. The van der Waals surface area contributed by atoms with Crippen LogP contribution in [0, 0.1) is 0 Å². The number of carbonyl (C=O) groups is 1. The topological polar surface area (TPSA) is 35.5 Å². The van der Waals surface area contributed by atoms with Gasteiger partial charge in [-0.05, 0) is 30.5 Å². The fourth-order valence-corrected chi connectivity index (χ4v) is 4.53. The van der Waals surface area contributed by atoms with Crippen LogP contribution in [0.15, 0.2) is 54.6 Å². The van der Waals surface area contributed by atoms with Crippen molar-refractivity contribution < 1.29 is 18.8 Å². The summed E-state index contributed by atoms with van der Waals surface area (Å²) < 4.78 is 11.7. The maximum atomic E-state index is 12.2. The minimum atomic E-state index is -0.220. The number of rotatable bonds is 20. The van der Waals surface area contributed by atoms with Crippen LogP contribution in [-0.4, -0.2) is 37.9 Å². The molecule has 200 valence electrons. The van der Waals surface area contributed by atoms with E-state index >= 15 is 0 Å². The fraction of sp³-hybridized carbons (Fsp3) is 0.594. The second-order valence-corrected chi connectivity index (χ2v) is 10.8. The van der Waals surface area contributed by atoms with E-state index in [1.807, 2.05) is 30.3 Å². The molecule has 0 aliphatic carbocycles. The van der Waals surface area contributed by atoms with Crippen molar-refractivity contribution in [1.82, 2.24) is 0 Å². The van der Waals surface area contributed by atoms with E-state index in [0.717, 1.165) is 29.7 Å². The SMILES string of the molecule is CCCCCCCCCCCCCc1ccc(OCOC(=O)CC[N+](C)(C)Cc2ccccc2)cc1. The summed E-state index contributed by atoms with van der Waals surface area (Å²) in [5, 5.41) is 0. The molecule has 0 bridgehead atoms. The average molecular weight is 497 g/mol. The Labute approximate surface area is 220 Å². The van der Waals surface area contributed by atoms with Gasteiger partial charge in [-0.2, -0.15) is 0 Å². The van der Waals surface area contributed by atoms with Crippen molar-refractivity contribution in [2.75, 3.05) is 27.4 Å². The number of benzene rings is 2. The van der Waals surface area contributed by atoms with Gasteiger partial charge in [-0.1, -0.05) is 114 Å². The first-order chi connectivity index (χ1) is 17.5. The van der Waals surface area contributed by atoms with Crippen LogP contribution in [0.2, 0.25) is 0 Å². The van der Waals surface area contributed by atoms with E-state index in [9.17, 15) is 4.79 Å². The quantitative estimate of drug-likeness (QED) is 0.0804. The van der Waals surface area contributed by atoms with E-state index < -0.39 is 0 Å². The molecule has 2 rings (SSSR count). The lowest BCUT2D eigenvalue weighted by atomic mass is 10.0. The maximum absolute atomic E-state index is 12.2. The highest BCUT2D eigenvalue weighted by Crippen LogP contribution is 2.16. The van der Waals surface area contributed by atoms with Crippen LogP contribution in [0.4, 0.5) is 0 Å². The number of nitrogens with zero attached hydrogens (tertiary/aromatic N) is 1. The van der Waals surface area contributed by atoms with Crippen molar-refractivity contribution in [3.05, 3.63) is 65.7 Å². The molecule has 0 saturated heterocycles. The van der Waals surface area contributed by atoms with Crippen molar-refractivity contribution in [3.8, 4) is 5.75 Å². The van der Waals surface area contributed by atoms with Crippen molar-refractivity contribution >= 4 is 5.97 Å². The predicted octanol–water partition coefficient (Wildman–Crippen LogP) is 8.09. The molecule has 0 spiro atoms. The number of ether oxygens (including phenoxy) is 2. The first kappa shape index (κ1) is 29.9. The summed E-state index contributed by atoms with van der Waals surface area (Å²) in [5.41, 5.74) is 2.61. The summed E-state index contributed by atoms with van der Waals surface area (Å²) in [6.07, 6.45) is 16.6. The lowest BCUT2D eigenvalue weighted by Gasteiger charge is -2.29. The first-order valence-electron chi connectivity index (χ1n) is 14.2. The smallest absolute Gasteiger partial charge is 0.314 e. The fourth-order valence-electron chi connectivity index (χ4n) is 4.53. The van der Waals surface area contributed by atoms with E-state index in [0.29, 0.717) is 6.42 Å². The van der Waals surface area contributed by atoms with Crippen LogP contribution in [-0.2, 0) is 22.5 Å². The Kier molecular flexibility index (Phi) is 14.9. The number of carbonyl (C=O) groups excluding carboxylic acids is 1. The lowest BCUT2D eigenvalue weighted by Crippen LogP contribution is -2.40. The maximum Gasteiger partial charge on any atom is 0.314 e. The summed E-state index contributed by atoms with van der Waals surface area (Å²) in [4.78, 5) is 12.2. The second kappa shape index (κ2) is 18.0. The summed E-state index contributed by atoms with van der Waals surface area (Å²) >= 11 is 0. The first-order valence-corrected chi connectivity index (χ1v) is 14.2. The molecule has 0 aliphatic rings. The Morgan fingerprint density at radius 2 is 1.31 bits per heavy atom. The van der Waals surface area contributed by atoms with E-state index in [2.05, 4.69) is 45.3 Å². The lowest BCUT2D eigenvalue weighted by molar-refractivity contribution is -0.903. The molecule has 0 saturated carbocycles. The molecule has 0 heterocycles. The van der Waals surface area contributed by atoms with E-state index in [1.54, 1.807) is 0 Å². The normalized spacial score (nSPS) is 11.4. The van der Waals surface area contributed by atoms with E-state index in [4.69, 9.17) is 9.47 Å². The number of hydrogen-bond acceptors (Lipinski definition) is 3. The summed E-state index contributed by atoms with van der Waals surface area (Å²) in [7, 11) is 4.27. The summed E-state index contributed by atoms with van der Waals surface area (Å²) in [6, 6.07) is 18.5. The number of esters is 1. The van der Waals surface area contributed by atoms with Gasteiger partial charge in [0.1, 0.15) is 12.3 Å². The molecule has 36 heavy (non-hydrogen) atoms. The molecule has 0 fully saturated rings. The molecule has 0 atom stereocenters. The zero-order valence-electron chi connectivity index (χ0n) is 23.2. The van der Waals surface area contributed by atoms with Crippen LogP contribution in [0.5, 0.6) is 5.75 Å². The van der Waals surface area contributed by atoms with Gasteiger partial charge in [0.25, 0.3) is 0 Å². The molecule has 0 aromatic heterocycles. The molecule has 0 aliphatic heterocycles. The third kappa shape index (κ3) is 14.3. The van der Waals surface area contributed by atoms with E-state index in [-0.39, 0.29) is 12.8 Å². The van der Waals surface area contributed by atoms with Crippen LogP contribution in [0.3, 0.4) is 0 Å². The average Bonchev–Trinajstić information content (AvgIpc) is 2.87. The monoisotopic (exact) mass is 496 g/mol. The minimum absolute atomic E-state index is 0.0388. The highest BCUT2D eigenvalue weighted by Gasteiger charge is 2.18. The predicted molar refractivity (Wildman–Crippen MR) is 150 cm³/mol. The molecule has 0 unspecified atom stereocenters. The molecule has 2 aromatic rings. The molecular formula is C32H50NO3+. The number of hydrogen-bond donors (Lipinski definition) is 0. The Morgan fingerprint density at radius 3 is 1.92 bits per heavy atom. The highest BCUT2D eigenvalue weighted by molar-refractivity contribution is 5.69. The van der Waals surface area contributed by atoms with E-state index in [1.165, 1.54) is 81.8 Å². The molecule has 0 amide bonds. The molecule has 4 heteroatoms. The van der Waals surface area contributed by atoms with Crippen molar-refractivity contribution in [1.29, 1.82) is 0 Å². The minimum Gasteiger partial charge on any atom is -0.457 e. The van der Waals surface area contributed by atoms with Crippen molar-refractivity contribution in [3.63, 3.8) is 0 Å². The Balaban J connectivity index is 1.50. The summed E-state index contributed by atoms with van der Waals surface area (Å²) in [6.45, 7) is 3.85. The van der Waals surface area contributed by atoms with Gasteiger partial charge in [-0.3, -0.25) is 4.79 Å². The van der Waals surface area contributed by atoms with Gasteiger partial charge in [-0.15, -0.1) is 0 Å². The molecule has 0 N–H and O–H groups in total. The van der Waals surface area contributed by atoms with Gasteiger partial charge >= 0.3 is 5.97 Å². The molecular weight excluding hydrogens is 446 g/mol. The van der Waals surface area contributed by atoms with Gasteiger partial charge in [0.05, 0.1) is 27.1 Å². The van der Waals surface area contributed by atoms with Gasteiger partial charge < -0.3 is 14.0 Å². The van der Waals surface area contributed by atoms with Crippen LogP contribution >= 0.6 is 0 Å². The number of quaternary nitrogens is 1. The van der Waals surface area contributed by atoms with Gasteiger partial charge in [0, 0.05) is 5.56 Å². The van der Waals surface area contributed by atoms with Gasteiger partial charge in [-0.25, -0.2) is 0 Å². The number of aryl methyl sites for hydroxylation is 1. The zero-order valence-corrected chi connectivity index (χ0v) is 23.2. The van der Waals surface area contributed by atoms with Crippen molar-refractivity contribution in [2.45, 2.75) is 96.9 Å². The van der Waals surface area contributed by atoms with Crippen LogP contribution in [0.25, 0.3) is 0 Å². The molecule has 4 nitrogen and oxygen atoms in total. The Morgan fingerprint density at radius 1 is 0.722 bits per heavy atom. The van der Waals surface area contributed by atoms with Gasteiger partial charge in [0.2, 0.25) is 6.79 Å². The van der Waals surface area contributed by atoms with Crippen LogP contribution < -0.4 is 4.74 Å². The van der Waals surface area contributed by atoms with Crippen LogP contribution in [0.1, 0.15) is 95.1 Å². The largest absolute Gasteiger partial charge is 0.457 e. The Hall–Kier alpha value is -2.33. The standard InChI is InChI=1S/C32H50NO3/c1-4-5-6-7-8-9-10-11-12-13-15-18-29-21-23-31(24-22-29)35-28-36-32(34)25-26-33(2,3)27-30-19-16-14-17-20-30/h14,16-17,19-24H,4-13,15,18,25-28H2,1-3H3/q+1.